The van der Waals surface area contributed by atoms with E-state index in [4.69, 9.17) is 4.74 Å². The number of ether oxygens (including phenoxy) is 1. The first-order valence-corrected chi connectivity index (χ1v) is 11.3. The highest BCUT2D eigenvalue weighted by Crippen LogP contribution is 2.45. The number of nitrogens with zero attached hydrogens (tertiary/aromatic N) is 2. The van der Waals surface area contributed by atoms with Crippen LogP contribution in [0, 0.1) is 0 Å². The van der Waals surface area contributed by atoms with Crippen LogP contribution in [0.15, 0.2) is 127 Å². The van der Waals surface area contributed by atoms with E-state index in [0.29, 0.717) is 0 Å². The molecule has 0 spiro atoms. The largest absolute Gasteiger partial charge is 0.481 e. The van der Waals surface area contributed by atoms with E-state index < -0.39 is 0 Å². The summed E-state index contributed by atoms with van der Waals surface area (Å²) in [5.41, 5.74) is 5.69. The van der Waals surface area contributed by atoms with Crippen molar-refractivity contribution in [3.8, 4) is 0 Å². The number of hydrazine groups is 1. The lowest BCUT2D eigenvalue weighted by Crippen LogP contribution is -2.32. The monoisotopic (exact) mass is 432 g/mol. The molecule has 1 unspecified atom stereocenters. The molecule has 0 aromatic heterocycles. The normalized spacial score (nSPS) is 16.5. The Kier molecular flexibility index (Phi) is 5.97. The molecule has 0 radical (unpaired) electrons. The molecule has 0 saturated carbocycles. The van der Waals surface area contributed by atoms with Gasteiger partial charge in [0.1, 0.15) is 17.9 Å². The molecular weight excluding hydrogens is 404 g/mol. The van der Waals surface area contributed by atoms with Gasteiger partial charge in [0.05, 0.1) is 5.70 Å². The van der Waals surface area contributed by atoms with Crippen LogP contribution in [0.5, 0.6) is 0 Å². The zero-order valence-corrected chi connectivity index (χ0v) is 19.0. The molecule has 4 aromatic rings. The van der Waals surface area contributed by atoms with Crippen molar-refractivity contribution >= 4 is 5.70 Å². The van der Waals surface area contributed by atoms with Gasteiger partial charge in [-0.2, -0.15) is 0 Å². The van der Waals surface area contributed by atoms with Crippen molar-refractivity contribution in [1.29, 1.82) is 0 Å². The van der Waals surface area contributed by atoms with Crippen molar-refractivity contribution < 1.29 is 4.74 Å². The standard InChI is InChI=1S/C30H28N2O/c1-31-27(23-15-7-3-8-16-23)30(28(32(31)2)24-17-9-4-10-18-24)33-29(25-19-11-5-12-20-25)26-21-13-6-14-22-26/h3-22,27,29H,1-2H3. The molecule has 3 nitrogen and oxygen atoms in total. The molecule has 164 valence electrons. The molecule has 33 heavy (non-hydrogen) atoms. The Balaban J connectivity index is 1.68. The van der Waals surface area contributed by atoms with Crippen molar-refractivity contribution in [2.45, 2.75) is 12.1 Å². The Morgan fingerprint density at radius 2 is 1.06 bits per heavy atom. The van der Waals surface area contributed by atoms with Gasteiger partial charge in [0.25, 0.3) is 0 Å². The van der Waals surface area contributed by atoms with Gasteiger partial charge >= 0.3 is 0 Å². The first-order chi connectivity index (χ1) is 16.2. The van der Waals surface area contributed by atoms with Gasteiger partial charge in [-0.15, -0.1) is 0 Å². The van der Waals surface area contributed by atoms with Crippen LogP contribution >= 0.6 is 0 Å². The lowest BCUT2D eigenvalue weighted by Gasteiger charge is -2.29. The van der Waals surface area contributed by atoms with Crippen molar-refractivity contribution in [1.82, 2.24) is 10.0 Å². The summed E-state index contributed by atoms with van der Waals surface area (Å²) in [7, 11) is 4.23. The van der Waals surface area contributed by atoms with Gasteiger partial charge in [-0.1, -0.05) is 121 Å². The van der Waals surface area contributed by atoms with E-state index in [0.717, 1.165) is 28.1 Å². The van der Waals surface area contributed by atoms with Crippen LogP contribution in [-0.4, -0.2) is 24.1 Å². The van der Waals surface area contributed by atoms with Gasteiger partial charge in [-0.3, -0.25) is 0 Å². The highest BCUT2D eigenvalue weighted by molar-refractivity contribution is 5.69. The third-order valence-electron chi connectivity index (χ3n) is 6.26. The molecule has 0 N–H and O–H groups in total. The minimum atomic E-state index is -0.216. The smallest absolute Gasteiger partial charge is 0.149 e. The molecule has 5 rings (SSSR count). The summed E-state index contributed by atoms with van der Waals surface area (Å²) >= 11 is 0. The average molecular weight is 433 g/mol. The van der Waals surface area contributed by atoms with Crippen LogP contribution in [0.3, 0.4) is 0 Å². The number of rotatable bonds is 6. The van der Waals surface area contributed by atoms with Gasteiger partial charge in [0, 0.05) is 19.7 Å². The maximum absolute atomic E-state index is 7.05. The van der Waals surface area contributed by atoms with Gasteiger partial charge in [0.15, 0.2) is 0 Å². The molecule has 0 fully saturated rings. The van der Waals surface area contributed by atoms with Gasteiger partial charge < -0.3 is 9.75 Å². The third kappa shape index (κ3) is 4.15. The molecule has 0 saturated heterocycles. The molecule has 1 aliphatic heterocycles. The molecule has 4 aromatic carbocycles. The predicted molar refractivity (Wildman–Crippen MR) is 134 cm³/mol. The lowest BCUT2D eigenvalue weighted by molar-refractivity contribution is 0.0513. The average Bonchev–Trinajstić information content (AvgIpc) is 3.14. The number of hydrogen-bond acceptors (Lipinski definition) is 3. The predicted octanol–water partition coefficient (Wildman–Crippen LogP) is 6.69. The fourth-order valence-corrected chi connectivity index (χ4v) is 4.55. The summed E-state index contributed by atoms with van der Waals surface area (Å²) in [6.45, 7) is 0. The number of benzene rings is 4. The van der Waals surface area contributed by atoms with Crippen molar-refractivity contribution in [2.24, 2.45) is 0 Å². The second kappa shape index (κ2) is 9.35. The fourth-order valence-electron chi connectivity index (χ4n) is 4.55. The Morgan fingerprint density at radius 1 is 0.606 bits per heavy atom. The second-order valence-corrected chi connectivity index (χ2v) is 8.31. The first kappa shape index (κ1) is 21.0. The van der Waals surface area contributed by atoms with E-state index in [1.807, 2.05) is 12.1 Å². The van der Waals surface area contributed by atoms with Crippen LogP contribution in [-0.2, 0) is 4.74 Å². The molecule has 0 bridgehead atoms. The van der Waals surface area contributed by atoms with Crippen LogP contribution in [0.1, 0.15) is 34.4 Å². The first-order valence-electron chi connectivity index (χ1n) is 11.3. The maximum Gasteiger partial charge on any atom is 0.149 e. The van der Waals surface area contributed by atoms with Crippen molar-refractivity contribution in [2.75, 3.05) is 14.1 Å². The van der Waals surface area contributed by atoms with E-state index in [-0.39, 0.29) is 12.1 Å². The number of hydrogen-bond donors (Lipinski definition) is 0. The summed E-state index contributed by atoms with van der Waals surface area (Å²) in [4.78, 5) is 0. The van der Waals surface area contributed by atoms with Gasteiger partial charge in [-0.05, 0) is 16.7 Å². The Labute approximate surface area is 196 Å². The zero-order chi connectivity index (χ0) is 22.6. The fraction of sp³-hybridized carbons (Fsp3) is 0.133. The van der Waals surface area contributed by atoms with E-state index >= 15 is 0 Å². The topological polar surface area (TPSA) is 15.7 Å². The molecule has 0 aliphatic carbocycles. The minimum Gasteiger partial charge on any atom is -0.481 e. The summed E-state index contributed by atoms with van der Waals surface area (Å²) in [6, 6.07) is 42.0. The lowest BCUT2D eigenvalue weighted by atomic mass is 9.99. The third-order valence-corrected chi connectivity index (χ3v) is 6.26. The molecule has 1 heterocycles. The second-order valence-electron chi connectivity index (χ2n) is 8.31. The SMILES string of the molecule is CN1C(c2ccccc2)=C(OC(c2ccccc2)c2ccccc2)C(c2ccccc2)N1C. The highest BCUT2D eigenvalue weighted by Gasteiger charge is 2.39. The molecule has 1 atom stereocenters. The summed E-state index contributed by atoms with van der Waals surface area (Å²) in [6.07, 6.45) is -0.216. The van der Waals surface area contributed by atoms with Gasteiger partial charge in [-0.25, -0.2) is 5.01 Å². The molecule has 3 heteroatoms. The summed E-state index contributed by atoms with van der Waals surface area (Å²) in [5, 5.41) is 4.45. The Hall–Kier alpha value is -3.82. The summed E-state index contributed by atoms with van der Waals surface area (Å²) < 4.78 is 7.05. The quantitative estimate of drug-likeness (QED) is 0.337. The van der Waals surface area contributed by atoms with E-state index in [1.165, 1.54) is 5.56 Å². The highest BCUT2D eigenvalue weighted by atomic mass is 16.5. The van der Waals surface area contributed by atoms with Crippen LogP contribution in [0.4, 0.5) is 0 Å². The van der Waals surface area contributed by atoms with E-state index in [1.54, 1.807) is 0 Å². The van der Waals surface area contributed by atoms with E-state index in [9.17, 15) is 0 Å². The number of likely N-dealkylation sites (N-methyl/N-ethyl adjacent to an activating group) is 1. The summed E-state index contributed by atoms with van der Waals surface area (Å²) in [5.74, 6) is 0.954. The van der Waals surface area contributed by atoms with Crippen molar-refractivity contribution in [3.63, 3.8) is 0 Å². The zero-order valence-electron chi connectivity index (χ0n) is 19.0. The molecule has 0 amide bonds. The molecule has 1 aliphatic rings. The Morgan fingerprint density at radius 3 is 1.58 bits per heavy atom. The van der Waals surface area contributed by atoms with Crippen molar-refractivity contribution in [3.05, 3.63) is 149 Å². The van der Waals surface area contributed by atoms with Crippen LogP contribution in [0.2, 0.25) is 0 Å². The Bertz CT molecular complexity index is 1170. The maximum atomic E-state index is 7.05. The van der Waals surface area contributed by atoms with E-state index in [2.05, 4.69) is 133 Å². The van der Waals surface area contributed by atoms with Gasteiger partial charge in [0.2, 0.25) is 0 Å². The molecular formula is C30H28N2O. The minimum absolute atomic E-state index is 0.0265. The van der Waals surface area contributed by atoms with Crippen LogP contribution < -0.4 is 0 Å². The van der Waals surface area contributed by atoms with Crippen LogP contribution in [0.25, 0.3) is 5.70 Å².